The van der Waals surface area contributed by atoms with Crippen molar-refractivity contribution in [2.75, 3.05) is 13.1 Å². The summed E-state index contributed by atoms with van der Waals surface area (Å²) in [6.45, 7) is -1.58. The fourth-order valence-corrected chi connectivity index (χ4v) is 3.67. The molecule has 0 spiro atoms. The molecule has 8 nitrogen and oxygen atoms in total. The van der Waals surface area contributed by atoms with E-state index in [0.717, 1.165) is 11.0 Å². The zero-order valence-corrected chi connectivity index (χ0v) is 15.0. The van der Waals surface area contributed by atoms with Gasteiger partial charge in [0.1, 0.15) is 5.82 Å². The maximum Gasteiger partial charge on any atom is 0.407 e. The lowest BCUT2D eigenvalue weighted by atomic mass is 10.1. The molecule has 3 heterocycles. The molecule has 2 aliphatic rings. The van der Waals surface area contributed by atoms with Gasteiger partial charge >= 0.3 is 12.5 Å². The molecule has 0 unspecified atom stereocenters. The fourth-order valence-electron chi connectivity index (χ4n) is 3.67. The maximum atomic E-state index is 14.5. The first-order chi connectivity index (χ1) is 14.1. The Labute approximate surface area is 164 Å². The number of carbonyl (C=O) groups is 2. The topological polar surface area (TPSA) is 99.8 Å². The highest BCUT2D eigenvalue weighted by molar-refractivity contribution is 5.99. The van der Waals surface area contributed by atoms with Gasteiger partial charge in [-0.25, -0.2) is 18.0 Å². The molecule has 1 aromatic carbocycles. The number of halogens is 5. The number of hydrogen-bond donors (Lipinski definition) is 1. The second-order valence-electron chi connectivity index (χ2n) is 7.04. The molecule has 0 aliphatic carbocycles. The van der Waals surface area contributed by atoms with Gasteiger partial charge in [-0.3, -0.25) is 9.69 Å². The number of carbonyl (C=O) groups excluding carboxylic acids is 1. The standard InChI is InChI=1S/C17H13F5N4O4/c18-11-2-7(13-23-24-14(30-13)12(19)20)1-9-10(11)5-25(15(9)27)4-8-3-17(21,22)6-26(8)16(28)29/h1-2,8,12H,3-6H2,(H,28,29)/t8-/m0/s1. The van der Waals surface area contributed by atoms with Crippen LogP contribution in [0.15, 0.2) is 16.5 Å². The summed E-state index contributed by atoms with van der Waals surface area (Å²) < 4.78 is 71.9. The van der Waals surface area contributed by atoms with Crippen LogP contribution >= 0.6 is 0 Å². The first-order valence-electron chi connectivity index (χ1n) is 8.67. The number of aromatic nitrogens is 2. The van der Waals surface area contributed by atoms with Crippen molar-refractivity contribution in [2.45, 2.75) is 31.4 Å². The van der Waals surface area contributed by atoms with Crippen molar-refractivity contribution in [1.29, 1.82) is 0 Å². The van der Waals surface area contributed by atoms with E-state index in [-0.39, 0.29) is 29.8 Å². The van der Waals surface area contributed by atoms with Crippen molar-refractivity contribution in [3.8, 4) is 11.5 Å². The Morgan fingerprint density at radius 3 is 2.70 bits per heavy atom. The minimum atomic E-state index is -3.22. The van der Waals surface area contributed by atoms with Gasteiger partial charge in [0.25, 0.3) is 17.7 Å². The second-order valence-corrected chi connectivity index (χ2v) is 7.04. The quantitative estimate of drug-likeness (QED) is 0.746. The van der Waals surface area contributed by atoms with Gasteiger partial charge in [-0.1, -0.05) is 0 Å². The Balaban J connectivity index is 1.58. The summed E-state index contributed by atoms with van der Waals surface area (Å²) in [4.78, 5) is 25.5. The highest BCUT2D eigenvalue weighted by Crippen LogP contribution is 2.35. The van der Waals surface area contributed by atoms with Gasteiger partial charge in [0.2, 0.25) is 5.89 Å². The highest BCUT2D eigenvalue weighted by Gasteiger charge is 2.48. The zero-order valence-electron chi connectivity index (χ0n) is 15.0. The highest BCUT2D eigenvalue weighted by atomic mass is 19.3. The van der Waals surface area contributed by atoms with Crippen LogP contribution < -0.4 is 0 Å². The molecule has 30 heavy (non-hydrogen) atoms. The number of rotatable bonds is 4. The molecule has 0 radical (unpaired) electrons. The molecule has 1 aromatic heterocycles. The summed E-state index contributed by atoms with van der Waals surface area (Å²) in [5.74, 6) is -6.15. The molecule has 0 saturated carbocycles. The normalized spacial score (nSPS) is 20.3. The van der Waals surface area contributed by atoms with Crippen LogP contribution in [0.1, 0.15) is 34.7 Å². The largest absolute Gasteiger partial charge is 0.465 e. The summed E-state index contributed by atoms with van der Waals surface area (Å²) >= 11 is 0. The van der Waals surface area contributed by atoms with Crippen LogP contribution in [0.2, 0.25) is 0 Å². The fraction of sp³-hybridized carbons (Fsp3) is 0.412. The number of carboxylic acid groups (broad SMARTS) is 1. The third-order valence-corrected chi connectivity index (χ3v) is 4.99. The summed E-state index contributed by atoms with van der Waals surface area (Å²) in [6.07, 6.45) is -5.32. The molecule has 1 saturated heterocycles. The van der Waals surface area contributed by atoms with E-state index in [4.69, 9.17) is 9.52 Å². The minimum absolute atomic E-state index is 0.0241. The van der Waals surface area contributed by atoms with E-state index >= 15 is 0 Å². The number of likely N-dealkylation sites (tertiary alicyclic amines) is 1. The molecule has 2 amide bonds. The van der Waals surface area contributed by atoms with E-state index in [1.807, 2.05) is 0 Å². The lowest BCUT2D eigenvalue weighted by molar-refractivity contribution is 0.0124. The van der Waals surface area contributed by atoms with Crippen LogP contribution in [0.4, 0.5) is 26.7 Å². The molecular weight excluding hydrogens is 419 g/mol. The average Bonchev–Trinajstić information content (AvgIpc) is 3.33. The number of benzene rings is 1. The molecule has 2 aromatic rings. The van der Waals surface area contributed by atoms with E-state index in [9.17, 15) is 31.5 Å². The van der Waals surface area contributed by atoms with Crippen molar-refractivity contribution < 1.29 is 41.1 Å². The summed E-state index contributed by atoms with van der Waals surface area (Å²) in [7, 11) is 0. The summed E-state index contributed by atoms with van der Waals surface area (Å²) in [5, 5.41) is 15.7. The van der Waals surface area contributed by atoms with Gasteiger partial charge in [-0.15, -0.1) is 10.2 Å². The molecule has 0 bridgehead atoms. The Kier molecular flexibility index (Phi) is 4.62. The van der Waals surface area contributed by atoms with E-state index < -0.39 is 61.0 Å². The molecule has 4 rings (SSSR count). The van der Waals surface area contributed by atoms with Crippen molar-refractivity contribution in [3.63, 3.8) is 0 Å². The molecule has 1 atom stereocenters. The Morgan fingerprint density at radius 2 is 2.07 bits per heavy atom. The predicted octanol–water partition coefficient (Wildman–Crippen LogP) is 3.16. The van der Waals surface area contributed by atoms with Gasteiger partial charge in [0.15, 0.2) is 0 Å². The van der Waals surface area contributed by atoms with Crippen molar-refractivity contribution >= 4 is 12.0 Å². The van der Waals surface area contributed by atoms with E-state index in [1.54, 1.807) is 0 Å². The molecule has 2 aliphatic heterocycles. The van der Waals surface area contributed by atoms with E-state index in [1.165, 1.54) is 6.07 Å². The van der Waals surface area contributed by atoms with Gasteiger partial charge < -0.3 is 14.4 Å². The second kappa shape index (κ2) is 6.92. The van der Waals surface area contributed by atoms with Crippen LogP contribution in [0.5, 0.6) is 0 Å². The monoisotopic (exact) mass is 432 g/mol. The zero-order chi connectivity index (χ0) is 21.8. The van der Waals surface area contributed by atoms with Crippen LogP contribution in [0.25, 0.3) is 11.5 Å². The third-order valence-electron chi connectivity index (χ3n) is 4.99. The summed E-state index contributed by atoms with van der Waals surface area (Å²) in [5.41, 5.74) is -0.238. The number of hydrogen-bond acceptors (Lipinski definition) is 5. The predicted molar refractivity (Wildman–Crippen MR) is 87.5 cm³/mol. The Morgan fingerprint density at radius 1 is 1.33 bits per heavy atom. The first kappa shape index (κ1) is 20.0. The molecule has 13 heteroatoms. The number of alkyl halides is 4. The third kappa shape index (κ3) is 3.44. The Bertz CT molecular complexity index is 1030. The maximum absolute atomic E-state index is 14.5. The van der Waals surface area contributed by atoms with Crippen LogP contribution in [-0.2, 0) is 6.54 Å². The number of fused-ring (bicyclic) bond motifs is 1. The van der Waals surface area contributed by atoms with Crippen LogP contribution in [0.3, 0.4) is 0 Å². The van der Waals surface area contributed by atoms with Gasteiger partial charge in [-0.2, -0.15) is 8.78 Å². The van der Waals surface area contributed by atoms with Crippen molar-refractivity contribution in [3.05, 3.63) is 35.0 Å². The number of nitrogens with zero attached hydrogens (tertiary/aromatic N) is 4. The number of amides is 2. The first-order valence-corrected chi connectivity index (χ1v) is 8.67. The Hall–Kier alpha value is -3.25. The minimum Gasteiger partial charge on any atom is -0.465 e. The lowest BCUT2D eigenvalue weighted by Crippen LogP contribution is -2.42. The molecule has 1 N–H and O–H groups in total. The van der Waals surface area contributed by atoms with Gasteiger partial charge in [-0.05, 0) is 12.1 Å². The van der Waals surface area contributed by atoms with Crippen LogP contribution in [-0.4, -0.2) is 62.2 Å². The van der Waals surface area contributed by atoms with Crippen LogP contribution in [0, 0.1) is 5.82 Å². The SMILES string of the molecule is O=C1c2cc(-c3nnc(C(F)F)o3)cc(F)c2CN1C[C@@H]1CC(F)(F)CN1C(=O)O. The van der Waals surface area contributed by atoms with E-state index in [0.29, 0.717) is 4.90 Å². The molecular formula is C17H13F5N4O4. The summed E-state index contributed by atoms with van der Waals surface area (Å²) in [6, 6.07) is 0.968. The van der Waals surface area contributed by atoms with E-state index in [2.05, 4.69) is 10.2 Å². The van der Waals surface area contributed by atoms with Gasteiger partial charge in [0.05, 0.1) is 12.6 Å². The molecule has 160 valence electrons. The smallest absolute Gasteiger partial charge is 0.407 e. The van der Waals surface area contributed by atoms with Gasteiger partial charge in [0, 0.05) is 36.2 Å². The van der Waals surface area contributed by atoms with Crippen molar-refractivity contribution in [2.24, 2.45) is 0 Å². The average molecular weight is 432 g/mol. The lowest BCUT2D eigenvalue weighted by Gasteiger charge is -2.25. The molecule has 1 fully saturated rings. The van der Waals surface area contributed by atoms with Crippen molar-refractivity contribution in [1.82, 2.24) is 20.0 Å².